The summed E-state index contributed by atoms with van der Waals surface area (Å²) in [6, 6.07) is -0.446. The van der Waals surface area contributed by atoms with Crippen LogP contribution in [-0.4, -0.2) is 44.8 Å². The second-order valence-electron chi connectivity index (χ2n) is 3.01. The predicted octanol–water partition coefficient (Wildman–Crippen LogP) is 0.300. The number of hydrogen-bond acceptors (Lipinski definition) is 3. The summed E-state index contributed by atoms with van der Waals surface area (Å²) in [4.78, 5) is 21.6. The largest absolute Gasteiger partial charge is 0.360 e. The Morgan fingerprint density at radius 1 is 1.60 bits per heavy atom. The summed E-state index contributed by atoms with van der Waals surface area (Å²) >= 11 is 0. The molecule has 0 aliphatic heterocycles. The lowest BCUT2D eigenvalue weighted by Gasteiger charge is -2.17. The topological polar surface area (TPSA) is 67.4 Å². The Bertz CT molecular complexity index is 202. The fourth-order valence-electron chi connectivity index (χ4n) is 1.14. The van der Waals surface area contributed by atoms with Gasteiger partial charge in [0.25, 0.3) is 0 Å². The number of carbonyl (C=O) groups is 2. The first-order valence-electron chi connectivity index (χ1n) is 4.91. The molecule has 0 heterocycles. The van der Waals surface area contributed by atoms with Gasteiger partial charge in [-0.2, -0.15) is 0 Å². The molecular weight excluding hydrogens is 215 g/mol. The van der Waals surface area contributed by atoms with Crippen molar-refractivity contribution in [2.45, 2.75) is 19.4 Å². The van der Waals surface area contributed by atoms with Gasteiger partial charge >= 0.3 is 0 Å². The number of hydrogen-bond donors (Lipinski definition) is 2. The van der Waals surface area contributed by atoms with Crippen LogP contribution in [-0.2, 0) is 14.1 Å². The van der Waals surface area contributed by atoms with Crippen molar-refractivity contribution in [2.24, 2.45) is 0 Å². The molecule has 2 amide bonds. The summed E-state index contributed by atoms with van der Waals surface area (Å²) in [6.07, 6.45) is 1.97. The van der Waals surface area contributed by atoms with Gasteiger partial charge in [0.1, 0.15) is 6.04 Å². The molecule has 0 aliphatic rings. The Labute approximate surface area is 91.8 Å². The maximum absolute atomic E-state index is 11.3. The van der Waals surface area contributed by atoms with E-state index in [0.717, 1.165) is 6.16 Å². The molecule has 0 saturated heterocycles. The standard InChI is InChI=1S/C9H19N2O3P/c1-4-14-15(3)6-5-8(11-7-12)9(13)10-2/h7-8H,4-6H2,1-3H3,(H,10,13)(H,11,12). The van der Waals surface area contributed by atoms with Gasteiger partial charge in [-0.15, -0.1) is 0 Å². The van der Waals surface area contributed by atoms with E-state index >= 15 is 0 Å². The zero-order chi connectivity index (χ0) is 11.7. The van der Waals surface area contributed by atoms with Crippen LogP contribution in [0.15, 0.2) is 0 Å². The van der Waals surface area contributed by atoms with E-state index in [1.807, 2.05) is 13.6 Å². The van der Waals surface area contributed by atoms with E-state index in [-0.39, 0.29) is 5.91 Å². The van der Waals surface area contributed by atoms with Gasteiger partial charge in [-0.25, -0.2) is 0 Å². The van der Waals surface area contributed by atoms with Gasteiger partial charge in [-0.3, -0.25) is 9.59 Å². The minimum absolute atomic E-state index is 0.165. The van der Waals surface area contributed by atoms with Gasteiger partial charge in [0.15, 0.2) is 0 Å². The van der Waals surface area contributed by atoms with Crippen molar-refractivity contribution in [1.29, 1.82) is 0 Å². The van der Waals surface area contributed by atoms with Gasteiger partial charge in [0.05, 0.1) is 0 Å². The van der Waals surface area contributed by atoms with Crippen LogP contribution in [0.25, 0.3) is 0 Å². The Morgan fingerprint density at radius 3 is 2.73 bits per heavy atom. The first-order valence-corrected chi connectivity index (χ1v) is 6.80. The highest BCUT2D eigenvalue weighted by Gasteiger charge is 2.16. The molecule has 2 N–H and O–H groups in total. The number of likely N-dealkylation sites (N-methyl/N-ethyl adjacent to an activating group) is 1. The average Bonchev–Trinajstić information content (AvgIpc) is 2.23. The second kappa shape index (κ2) is 8.62. The lowest BCUT2D eigenvalue weighted by molar-refractivity contribution is -0.124. The van der Waals surface area contributed by atoms with Crippen molar-refractivity contribution in [3.05, 3.63) is 0 Å². The summed E-state index contributed by atoms with van der Waals surface area (Å²) in [5.74, 6) is -0.165. The molecule has 88 valence electrons. The molecule has 5 nitrogen and oxygen atoms in total. The van der Waals surface area contributed by atoms with Crippen LogP contribution < -0.4 is 10.6 Å². The lowest BCUT2D eigenvalue weighted by Crippen LogP contribution is -2.42. The average molecular weight is 234 g/mol. The number of nitrogens with one attached hydrogen (secondary N) is 2. The van der Waals surface area contributed by atoms with Crippen LogP contribution in [0.4, 0.5) is 0 Å². The van der Waals surface area contributed by atoms with E-state index < -0.39 is 14.2 Å². The van der Waals surface area contributed by atoms with Crippen LogP contribution in [0.3, 0.4) is 0 Å². The maximum atomic E-state index is 11.3. The van der Waals surface area contributed by atoms with Gasteiger partial charge in [0, 0.05) is 21.8 Å². The van der Waals surface area contributed by atoms with E-state index in [9.17, 15) is 9.59 Å². The van der Waals surface area contributed by atoms with Crippen molar-refractivity contribution in [2.75, 3.05) is 26.5 Å². The highest BCUT2D eigenvalue weighted by atomic mass is 31.1. The van der Waals surface area contributed by atoms with Crippen molar-refractivity contribution in [3.8, 4) is 0 Å². The zero-order valence-corrected chi connectivity index (χ0v) is 10.3. The molecule has 0 fully saturated rings. The molecule has 2 atom stereocenters. The molecule has 0 radical (unpaired) electrons. The molecule has 2 unspecified atom stereocenters. The third-order valence-corrected chi connectivity index (χ3v) is 3.50. The van der Waals surface area contributed by atoms with Crippen molar-refractivity contribution < 1.29 is 14.1 Å². The van der Waals surface area contributed by atoms with Crippen LogP contribution in [0, 0.1) is 0 Å². The van der Waals surface area contributed by atoms with Gasteiger partial charge in [-0.05, 0) is 26.2 Å². The zero-order valence-electron chi connectivity index (χ0n) is 9.45. The summed E-state index contributed by atoms with van der Waals surface area (Å²) in [6.45, 7) is 4.65. The molecule has 15 heavy (non-hydrogen) atoms. The fraction of sp³-hybridized carbons (Fsp3) is 0.778. The molecule has 0 saturated carbocycles. The Morgan fingerprint density at radius 2 is 2.27 bits per heavy atom. The SMILES string of the molecule is CCOP(C)CCC(NC=O)C(=O)NC. The van der Waals surface area contributed by atoms with Crippen LogP contribution in [0.2, 0.25) is 0 Å². The quantitative estimate of drug-likeness (QED) is 0.469. The highest BCUT2D eigenvalue weighted by molar-refractivity contribution is 7.51. The minimum Gasteiger partial charge on any atom is -0.360 e. The number of amides is 2. The third-order valence-electron chi connectivity index (χ3n) is 1.91. The van der Waals surface area contributed by atoms with E-state index in [1.54, 1.807) is 7.05 Å². The fourth-order valence-corrected chi connectivity index (χ4v) is 2.33. The monoisotopic (exact) mass is 234 g/mol. The minimum atomic E-state index is -0.490. The molecule has 0 aromatic carbocycles. The Balaban J connectivity index is 3.94. The number of rotatable bonds is 8. The van der Waals surface area contributed by atoms with E-state index in [4.69, 9.17) is 4.52 Å². The molecular formula is C9H19N2O3P. The molecule has 6 heteroatoms. The van der Waals surface area contributed by atoms with Gasteiger partial charge in [-0.1, -0.05) is 0 Å². The Hall–Kier alpha value is -0.670. The van der Waals surface area contributed by atoms with Crippen molar-refractivity contribution >= 4 is 20.5 Å². The molecule has 0 aliphatic carbocycles. The maximum Gasteiger partial charge on any atom is 0.242 e. The lowest BCUT2D eigenvalue weighted by atomic mass is 10.2. The smallest absolute Gasteiger partial charge is 0.242 e. The molecule has 0 aromatic rings. The number of carbonyl (C=O) groups excluding carboxylic acids is 2. The molecule has 0 rings (SSSR count). The summed E-state index contributed by atoms with van der Waals surface area (Å²) in [5, 5.41) is 5.00. The normalized spacial score (nSPS) is 14.1. The summed E-state index contributed by atoms with van der Waals surface area (Å²) < 4.78 is 5.40. The van der Waals surface area contributed by atoms with Crippen LogP contribution in [0.5, 0.6) is 0 Å². The molecule has 0 aromatic heterocycles. The highest BCUT2D eigenvalue weighted by Crippen LogP contribution is 2.32. The van der Waals surface area contributed by atoms with Crippen LogP contribution >= 0.6 is 8.15 Å². The first-order chi connectivity index (χ1) is 7.15. The third kappa shape index (κ3) is 6.42. The van der Waals surface area contributed by atoms with E-state index in [1.165, 1.54) is 0 Å². The first kappa shape index (κ1) is 14.3. The van der Waals surface area contributed by atoms with Crippen molar-refractivity contribution in [1.82, 2.24) is 10.6 Å². The van der Waals surface area contributed by atoms with E-state index in [0.29, 0.717) is 19.4 Å². The van der Waals surface area contributed by atoms with Crippen molar-refractivity contribution in [3.63, 3.8) is 0 Å². The van der Waals surface area contributed by atoms with Gasteiger partial charge in [0.2, 0.25) is 12.3 Å². The molecule has 0 spiro atoms. The summed E-state index contributed by atoms with van der Waals surface area (Å²) in [7, 11) is 1.07. The van der Waals surface area contributed by atoms with Gasteiger partial charge < -0.3 is 15.2 Å². The summed E-state index contributed by atoms with van der Waals surface area (Å²) in [5.41, 5.74) is 0. The van der Waals surface area contributed by atoms with Crippen LogP contribution in [0.1, 0.15) is 13.3 Å². The predicted molar refractivity (Wildman–Crippen MR) is 61.0 cm³/mol. The second-order valence-corrected chi connectivity index (χ2v) is 4.97. The Kier molecular flexibility index (Phi) is 8.24. The molecule has 0 bridgehead atoms. The van der Waals surface area contributed by atoms with E-state index in [2.05, 4.69) is 10.6 Å².